The van der Waals surface area contributed by atoms with Crippen LogP contribution < -0.4 is 9.47 Å². The van der Waals surface area contributed by atoms with Crippen LogP contribution in [0.4, 0.5) is 0 Å². The van der Waals surface area contributed by atoms with E-state index in [1.807, 2.05) is 30.3 Å². The van der Waals surface area contributed by atoms with Gasteiger partial charge in [-0.05, 0) is 35.9 Å². The molecular formula is C18H15NO4. The average molecular weight is 309 g/mol. The quantitative estimate of drug-likeness (QED) is 0.643. The molecule has 0 atom stereocenters. The normalized spacial score (nSPS) is 15.3. The minimum atomic E-state index is -0.481. The molecule has 23 heavy (non-hydrogen) atoms. The van der Waals surface area contributed by atoms with Crippen molar-refractivity contribution in [2.75, 3.05) is 14.2 Å². The third kappa shape index (κ3) is 3.23. The molecule has 0 aliphatic carbocycles. The highest BCUT2D eigenvalue weighted by Crippen LogP contribution is 2.26. The van der Waals surface area contributed by atoms with Gasteiger partial charge in [-0.1, -0.05) is 18.2 Å². The average Bonchev–Trinajstić information content (AvgIpc) is 2.96. The Labute approximate surface area is 133 Å². The lowest BCUT2D eigenvalue weighted by Gasteiger charge is -2.05. The first-order valence-electron chi connectivity index (χ1n) is 7.00. The van der Waals surface area contributed by atoms with Gasteiger partial charge < -0.3 is 14.2 Å². The fourth-order valence-corrected chi connectivity index (χ4v) is 2.18. The van der Waals surface area contributed by atoms with E-state index in [0.29, 0.717) is 17.4 Å². The summed E-state index contributed by atoms with van der Waals surface area (Å²) in [6.07, 6.45) is 1.64. The van der Waals surface area contributed by atoms with Gasteiger partial charge in [0.1, 0.15) is 11.5 Å². The molecule has 116 valence electrons. The second-order valence-corrected chi connectivity index (χ2v) is 4.85. The van der Waals surface area contributed by atoms with Crippen LogP contribution >= 0.6 is 0 Å². The van der Waals surface area contributed by atoms with Gasteiger partial charge in [0.25, 0.3) is 0 Å². The van der Waals surface area contributed by atoms with Crippen LogP contribution in [-0.4, -0.2) is 26.1 Å². The van der Waals surface area contributed by atoms with Gasteiger partial charge >= 0.3 is 5.97 Å². The Morgan fingerprint density at radius 2 is 1.65 bits per heavy atom. The molecule has 5 heteroatoms. The summed E-state index contributed by atoms with van der Waals surface area (Å²) in [5.74, 6) is 1.09. The maximum absolute atomic E-state index is 12.0. The number of nitrogens with zero attached hydrogens (tertiary/aromatic N) is 1. The van der Waals surface area contributed by atoms with Crippen LogP contribution in [0.2, 0.25) is 0 Å². The smallest absolute Gasteiger partial charge is 0.363 e. The van der Waals surface area contributed by atoms with Crippen LogP contribution in [0.15, 0.2) is 59.2 Å². The maximum Gasteiger partial charge on any atom is 0.363 e. The number of hydrogen-bond donors (Lipinski definition) is 0. The van der Waals surface area contributed by atoms with E-state index >= 15 is 0 Å². The first-order valence-corrected chi connectivity index (χ1v) is 7.00. The summed E-state index contributed by atoms with van der Waals surface area (Å²) in [6.45, 7) is 0. The van der Waals surface area contributed by atoms with Crippen molar-refractivity contribution in [2.45, 2.75) is 0 Å². The van der Waals surface area contributed by atoms with Gasteiger partial charge in [0.15, 0.2) is 5.70 Å². The van der Waals surface area contributed by atoms with Crippen molar-refractivity contribution in [3.05, 3.63) is 65.4 Å². The molecule has 0 spiro atoms. The summed E-state index contributed by atoms with van der Waals surface area (Å²) in [4.78, 5) is 16.3. The molecule has 1 heterocycles. The van der Waals surface area contributed by atoms with Crippen molar-refractivity contribution < 1.29 is 19.0 Å². The lowest BCUT2D eigenvalue weighted by atomic mass is 10.1. The Hall–Kier alpha value is -3.08. The lowest BCUT2D eigenvalue weighted by Crippen LogP contribution is -2.04. The van der Waals surface area contributed by atoms with Gasteiger partial charge in [-0.15, -0.1) is 0 Å². The van der Waals surface area contributed by atoms with E-state index in [4.69, 9.17) is 14.2 Å². The SMILES string of the molecule is COc1cc(C=C2N=C(c3ccccc3)OC2=O)cc(OC)c1. The molecule has 0 radical (unpaired) electrons. The molecule has 2 aromatic carbocycles. The molecule has 0 aromatic heterocycles. The van der Waals surface area contributed by atoms with Crippen molar-refractivity contribution in [2.24, 2.45) is 4.99 Å². The first-order chi connectivity index (χ1) is 11.2. The highest BCUT2D eigenvalue weighted by molar-refractivity contribution is 6.12. The summed E-state index contributed by atoms with van der Waals surface area (Å²) < 4.78 is 15.7. The monoisotopic (exact) mass is 309 g/mol. The molecule has 1 aliphatic heterocycles. The fourth-order valence-electron chi connectivity index (χ4n) is 2.18. The van der Waals surface area contributed by atoms with E-state index in [-0.39, 0.29) is 5.70 Å². The van der Waals surface area contributed by atoms with Crippen LogP contribution in [0, 0.1) is 0 Å². The van der Waals surface area contributed by atoms with E-state index in [2.05, 4.69) is 4.99 Å². The molecule has 0 amide bonds. The van der Waals surface area contributed by atoms with Crippen molar-refractivity contribution >= 4 is 17.9 Å². The molecule has 0 fully saturated rings. The molecule has 0 saturated carbocycles. The highest BCUT2D eigenvalue weighted by Gasteiger charge is 2.24. The fraction of sp³-hybridized carbons (Fsp3) is 0.111. The number of methoxy groups -OCH3 is 2. The van der Waals surface area contributed by atoms with Crippen LogP contribution in [0.3, 0.4) is 0 Å². The molecule has 0 N–H and O–H groups in total. The molecule has 0 unspecified atom stereocenters. The highest BCUT2D eigenvalue weighted by atomic mass is 16.6. The summed E-state index contributed by atoms with van der Waals surface area (Å²) in [6, 6.07) is 14.6. The predicted octanol–water partition coefficient (Wildman–Crippen LogP) is 3.05. The molecule has 1 aliphatic rings. The summed E-state index contributed by atoms with van der Waals surface area (Å²) in [5, 5.41) is 0. The standard InChI is InChI=1S/C18H15NO4/c1-21-14-8-12(9-15(11-14)22-2)10-16-18(20)23-17(19-16)13-6-4-3-5-7-13/h3-11H,1-2H3. The van der Waals surface area contributed by atoms with Gasteiger partial charge in [0, 0.05) is 11.6 Å². The summed E-state index contributed by atoms with van der Waals surface area (Å²) >= 11 is 0. The van der Waals surface area contributed by atoms with Gasteiger partial charge in [0.2, 0.25) is 5.90 Å². The number of esters is 1. The minimum Gasteiger partial charge on any atom is -0.497 e. The molecular weight excluding hydrogens is 294 g/mol. The van der Waals surface area contributed by atoms with Crippen molar-refractivity contribution in [3.8, 4) is 11.5 Å². The van der Waals surface area contributed by atoms with Gasteiger partial charge in [0.05, 0.1) is 14.2 Å². The van der Waals surface area contributed by atoms with Gasteiger partial charge in [-0.2, -0.15) is 0 Å². The van der Waals surface area contributed by atoms with E-state index in [9.17, 15) is 4.79 Å². The Morgan fingerprint density at radius 3 is 2.26 bits per heavy atom. The number of ether oxygens (including phenoxy) is 3. The van der Waals surface area contributed by atoms with Crippen molar-refractivity contribution in [3.63, 3.8) is 0 Å². The van der Waals surface area contributed by atoms with E-state index in [1.54, 1.807) is 38.5 Å². The van der Waals surface area contributed by atoms with Gasteiger partial charge in [-0.25, -0.2) is 9.79 Å². The summed E-state index contributed by atoms with van der Waals surface area (Å²) in [7, 11) is 3.14. The van der Waals surface area contributed by atoms with Crippen molar-refractivity contribution in [1.29, 1.82) is 0 Å². The molecule has 2 aromatic rings. The molecule has 0 saturated heterocycles. The number of hydrogen-bond acceptors (Lipinski definition) is 5. The Balaban J connectivity index is 1.96. The Kier molecular flexibility index (Phi) is 4.10. The first kappa shape index (κ1) is 14.8. The molecule has 3 rings (SSSR count). The lowest BCUT2D eigenvalue weighted by molar-refractivity contribution is -0.129. The second-order valence-electron chi connectivity index (χ2n) is 4.85. The molecule has 0 bridgehead atoms. The third-order valence-electron chi connectivity index (χ3n) is 3.32. The number of benzene rings is 2. The Bertz CT molecular complexity index is 772. The second kappa shape index (κ2) is 6.36. The van der Waals surface area contributed by atoms with Crippen molar-refractivity contribution in [1.82, 2.24) is 0 Å². The number of cyclic esters (lactones) is 1. The number of aliphatic imine (C=N–C) groups is 1. The van der Waals surface area contributed by atoms with Crippen LogP contribution in [0.5, 0.6) is 11.5 Å². The van der Waals surface area contributed by atoms with Crippen LogP contribution in [0.25, 0.3) is 6.08 Å². The van der Waals surface area contributed by atoms with Gasteiger partial charge in [-0.3, -0.25) is 0 Å². The van der Waals surface area contributed by atoms with E-state index < -0.39 is 5.97 Å². The topological polar surface area (TPSA) is 57.1 Å². The molecule has 5 nitrogen and oxygen atoms in total. The van der Waals surface area contributed by atoms with E-state index in [1.165, 1.54) is 0 Å². The zero-order valence-corrected chi connectivity index (χ0v) is 12.8. The van der Waals surface area contributed by atoms with Crippen LogP contribution in [-0.2, 0) is 9.53 Å². The number of carbonyl (C=O) groups is 1. The number of carbonyl (C=O) groups excluding carboxylic acids is 1. The summed E-state index contributed by atoms with van der Waals surface area (Å²) in [5.41, 5.74) is 1.73. The zero-order valence-electron chi connectivity index (χ0n) is 12.8. The third-order valence-corrected chi connectivity index (χ3v) is 3.32. The van der Waals surface area contributed by atoms with E-state index in [0.717, 1.165) is 11.1 Å². The number of rotatable bonds is 4. The minimum absolute atomic E-state index is 0.235. The zero-order chi connectivity index (χ0) is 16.2. The Morgan fingerprint density at radius 1 is 1.00 bits per heavy atom. The predicted molar refractivity (Wildman–Crippen MR) is 86.6 cm³/mol. The largest absolute Gasteiger partial charge is 0.497 e. The maximum atomic E-state index is 12.0. The van der Waals surface area contributed by atoms with Crippen LogP contribution in [0.1, 0.15) is 11.1 Å².